The van der Waals surface area contributed by atoms with Gasteiger partial charge in [-0.05, 0) is 52.4 Å². The molecular formula is C22H28B2O6. The highest BCUT2D eigenvalue weighted by atomic mass is 16.5. The monoisotopic (exact) mass is 410 g/mol. The lowest BCUT2D eigenvalue weighted by Gasteiger charge is -2.40. The van der Waals surface area contributed by atoms with E-state index < -0.39 is 37.1 Å². The number of aryl methyl sites for hydroxylation is 2. The molecule has 0 spiro atoms. The third-order valence-corrected chi connectivity index (χ3v) is 6.71. The number of aliphatic hydroxyl groups excluding tert-OH is 4. The van der Waals surface area contributed by atoms with Gasteiger partial charge in [-0.1, -0.05) is 29.8 Å². The first-order chi connectivity index (χ1) is 14.3. The van der Waals surface area contributed by atoms with Crippen molar-refractivity contribution in [2.75, 3.05) is 13.7 Å². The lowest BCUT2D eigenvalue weighted by molar-refractivity contribution is -0.231. The summed E-state index contributed by atoms with van der Waals surface area (Å²) in [6.45, 7) is -0.453. The van der Waals surface area contributed by atoms with E-state index in [0.29, 0.717) is 5.56 Å². The summed E-state index contributed by atoms with van der Waals surface area (Å²) in [6.07, 6.45) is -3.69. The predicted molar refractivity (Wildman–Crippen MR) is 117 cm³/mol. The van der Waals surface area contributed by atoms with E-state index in [-0.39, 0.29) is 5.21 Å². The molecule has 0 unspecified atom stereocenters. The summed E-state index contributed by atoms with van der Waals surface area (Å²) in [6, 6.07) is 12.1. The van der Waals surface area contributed by atoms with Crippen molar-refractivity contribution in [3.05, 3.63) is 64.2 Å². The summed E-state index contributed by atoms with van der Waals surface area (Å²) in [5.74, 6) is 0.719. The van der Waals surface area contributed by atoms with Crippen LogP contribution >= 0.6 is 0 Å². The molecule has 1 heterocycles. The molecule has 0 radical (unpaired) electrons. The minimum Gasteiger partial charge on any atom is -0.497 e. The average molecular weight is 410 g/mol. The summed E-state index contributed by atoms with van der Waals surface area (Å²) < 4.78 is 11.4. The van der Waals surface area contributed by atoms with Crippen LogP contribution in [0.25, 0.3) is 0 Å². The number of aliphatic hydroxyl groups is 4. The number of ether oxygens (including phenoxy) is 2. The highest BCUT2D eigenvalue weighted by Gasteiger charge is 2.44. The first kappa shape index (κ1) is 21.4. The minimum absolute atomic E-state index is 0.375. The van der Waals surface area contributed by atoms with Gasteiger partial charge < -0.3 is 29.9 Å². The van der Waals surface area contributed by atoms with Crippen molar-refractivity contribution in [1.29, 1.82) is 0 Å². The number of fused-ring (bicyclic) bond motifs is 1. The molecule has 0 bridgehead atoms. The van der Waals surface area contributed by atoms with E-state index in [2.05, 4.69) is 33.9 Å². The third-order valence-electron chi connectivity index (χ3n) is 6.71. The average Bonchev–Trinajstić information content (AvgIpc) is 2.72. The van der Waals surface area contributed by atoms with Crippen LogP contribution < -0.4 is 4.74 Å². The maximum Gasteiger partial charge on any atom is 0.121 e. The molecule has 1 aliphatic heterocycles. The van der Waals surface area contributed by atoms with Crippen LogP contribution in [0.2, 0.25) is 0 Å². The highest BCUT2D eigenvalue weighted by Crippen LogP contribution is 2.39. The summed E-state index contributed by atoms with van der Waals surface area (Å²) in [5.41, 5.74) is 5.53. The smallest absolute Gasteiger partial charge is 0.121 e. The quantitative estimate of drug-likeness (QED) is 0.462. The van der Waals surface area contributed by atoms with Gasteiger partial charge in [0.2, 0.25) is 0 Å². The summed E-state index contributed by atoms with van der Waals surface area (Å²) in [5, 5.41) is 39.9. The largest absolute Gasteiger partial charge is 0.497 e. The number of hydrogen-bond donors (Lipinski definition) is 4. The van der Waals surface area contributed by atoms with Crippen molar-refractivity contribution in [3.63, 3.8) is 0 Å². The molecule has 0 aromatic heterocycles. The Hall–Kier alpha value is -1.83. The van der Waals surface area contributed by atoms with E-state index in [4.69, 9.17) is 9.47 Å². The Labute approximate surface area is 178 Å². The van der Waals surface area contributed by atoms with Crippen molar-refractivity contribution < 1.29 is 29.9 Å². The Morgan fingerprint density at radius 1 is 1.00 bits per heavy atom. The third kappa shape index (κ3) is 3.47. The fraction of sp³-hybridized carbons (Fsp3) is 0.455. The Morgan fingerprint density at radius 3 is 2.33 bits per heavy atom. The first-order valence-electron chi connectivity index (χ1n) is 10.4. The van der Waals surface area contributed by atoms with Gasteiger partial charge in [-0.15, -0.1) is 0 Å². The van der Waals surface area contributed by atoms with Gasteiger partial charge in [0.05, 0.1) is 13.7 Å². The Bertz CT molecular complexity index is 932. The zero-order valence-electron chi connectivity index (χ0n) is 17.6. The fourth-order valence-corrected chi connectivity index (χ4v) is 4.51. The van der Waals surface area contributed by atoms with Gasteiger partial charge in [-0.2, -0.15) is 0 Å². The van der Waals surface area contributed by atoms with Gasteiger partial charge in [-0.25, -0.2) is 0 Å². The maximum atomic E-state index is 10.5. The second-order valence-corrected chi connectivity index (χ2v) is 8.82. The van der Waals surface area contributed by atoms with Crippen LogP contribution in [0, 0.1) is 0 Å². The van der Waals surface area contributed by atoms with Crippen molar-refractivity contribution >= 4 is 15.7 Å². The molecule has 0 saturated carbocycles. The summed E-state index contributed by atoms with van der Waals surface area (Å²) in [7, 11) is 5.88. The molecule has 8 heteroatoms. The second kappa shape index (κ2) is 8.02. The number of hydrogen-bond acceptors (Lipinski definition) is 6. The van der Waals surface area contributed by atoms with Gasteiger partial charge in [-0.3, -0.25) is 0 Å². The van der Waals surface area contributed by atoms with E-state index >= 15 is 0 Å². The molecule has 4 rings (SSSR count). The SMILES string of the molecule is BC(B)(c1ccc2c(c1)CC2)c1cc([C@@H]2O[C@H](CO)[C@@H](O)[C@H](O)[C@H]2O)ccc1OC. The van der Waals surface area contributed by atoms with Crippen molar-refractivity contribution in [1.82, 2.24) is 0 Å². The number of benzene rings is 2. The molecule has 2 aliphatic rings. The molecule has 4 N–H and O–H groups in total. The number of methoxy groups -OCH3 is 1. The Balaban J connectivity index is 1.74. The van der Waals surface area contributed by atoms with Crippen molar-refractivity contribution in [2.45, 2.75) is 48.6 Å². The van der Waals surface area contributed by atoms with E-state index in [1.165, 1.54) is 16.7 Å². The normalized spacial score (nSPS) is 28.5. The molecule has 6 nitrogen and oxygen atoms in total. The predicted octanol–water partition coefficient (Wildman–Crippen LogP) is -1.22. The molecule has 2 aromatic rings. The molecule has 1 fully saturated rings. The Kier molecular flexibility index (Phi) is 5.72. The van der Waals surface area contributed by atoms with E-state index in [9.17, 15) is 20.4 Å². The van der Waals surface area contributed by atoms with E-state index in [1.54, 1.807) is 13.2 Å². The van der Waals surface area contributed by atoms with Crippen LogP contribution in [0.15, 0.2) is 36.4 Å². The van der Waals surface area contributed by atoms with Crippen molar-refractivity contribution in [2.24, 2.45) is 0 Å². The van der Waals surface area contributed by atoms with E-state index in [1.807, 2.05) is 12.1 Å². The molecular weight excluding hydrogens is 382 g/mol. The van der Waals surface area contributed by atoms with Crippen LogP contribution in [0.3, 0.4) is 0 Å². The van der Waals surface area contributed by atoms with Crippen LogP contribution in [-0.4, -0.2) is 74.3 Å². The van der Waals surface area contributed by atoms with Crippen molar-refractivity contribution in [3.8, 4) is 5.75 Å². The topological polar surface area (TPSA) is 99.4 Å². The minimum atomic E-state index is -1.41. The highest BCUT2D eigenvalue weighted by molar-refractivity contribution is 6.42. The molecule has 1 saturated heterocycles. The van der Waals surface area contributed by atoms with E-state index in [0.717, 1.165) is 24.2 Å². The molecule has 2 aromatic carbocycles. The van der Waals surface area contributed by atoms with Crippen LogP contribution in [0.5, 0.6) is 5.75 Å². The molecule has 5 atom stereocenters. The Morgan fingerprint density at radius 2 is 1.73 bits per heavy atom. The molecule has 0 amide bonds. The number of rotatable bonds is 5. The van der Waals surface area contributed by atoms with Crippen LogP contribution in [0.1, 0.15) is 33.9 Å². The fourth-order valence-electron chi connectivity index (χ4n) is 4.51. The zero-order chi connectivity index (χ0) is 21.6. The molecule has 158 valence electrons. The van der Waals surface area contributed by atoms with Gasteiger partial charge in [0.25, 0.3) is 0 Å². The van der Waals surface area contributed by atoms with Crippen LogP contribution in [-0.2, 0) is 22.8 Å². The second-order valence-electron chi connectivity index (χ2n) is 8.82. The van der Waals surface area contributed by atoms with Crippen LogP contribution in [0.4, 0.5) is 0 Å². The summed E-state index contributed by atoms with van der Waals surface area (Å²) >= 11 is 0. The zero-order valence-corrected chi connectivity index (χ0v) is 17.6. The lowest BCUT2D eigenvalue weighted by Crippen LogP contribution is -2.55. The standard InChI is InChI=1S/C22H28B2O6/c1-29-16-7-5-13(21-20(28)19(27)18(26)17(10-25)30-21)9-15(16)22(23,24)14-6-4-11-2-3-12(11)8-14/h4-9,17-21,25-28H,2-3,10,23-24H2,1H3/t17-,18-,19+,20-,21+/m1/s1. The van der Waals surface area contributed by atoms with Gasteiger partial charge in [0, 0.05) is 0 Å². The molecule has 30 heavy (non-hydrogen) atoms. The maximum absolute atomic E-state index is 10.5. The first-order valence-corrected chi connectivity index (χ1v) is 10.4. The molecule has 1 aliphatic carbocycles. The van der Waals surface area contributed by atoms with Gasteiger partial charge in [0.1, 0.15) is 52.0 Å². The van der Waals surface area contributed by atoms with Gasteiger partial charge >= 0.3 is 0 Å². The van der Waals surface area contributed by atoms with Gasteiger partial charge in [0.15, 0.2) is 0 Å². The summed E-state index contributed by atoms with van der Waals surface area (Å²) in [4.78, 5) is 0. The lowest BCUT2D eigenvalue weighted by atomic mass is 9.47.